The van der Waals surface area contributed by atoms with E-state index in [-0.39, 0.29) is 6.42 Å². The summed E-state index contributed by atoms with van der Waals surface area (Å²) in [5.41, 5.74) is 4.69. The van der Waals surface area contributed by atoms with Gasteiger partial charge in [0, 0.05) is 17.6 Å². The average Bonchev–Trinajstić information content (AvgIpc) is 1.99. The molecule has 0 aromatic rings. The Hall–Kier alpha value is -0.810. The summed E-state index contributed by atoms with van der Waals surface area (Å²) in [4.78, 5) is 21.0. The van der Waals surface area contributed by atoms with Gasteiger partial charge in [0.25, 0.3) is 0 Å². The highest BCUT2D eigenvalue weighted by Crippen LogP contribution is 2.13. The van der Waals surface area contributed by atoms with E-state index in [1.165, 1.54) is 0 Å². The third-order valence-electron chi connectivity index (χ3n) is 1.84. The van der Waals surface area contributed by atoms with E-state index in [9.17, 15) is 9.59 Å². The quantitative estimate of drug-likeness (QED) is 0.685. The van der Waals surface area contributed by atoms with Gasteiger partial charge in [-0.25, -0.2) is 4.79 Å². The summed E-state index contributed by atoms with van der Waals surface area (Å²) in [5, 5.41) is 8.59. The summed E-state index contributed by atoms with van der Waals surface area (Å²) in [6, 6.07) is -0.510. The second kappa shape index (κ2) is 6.63. The average molecular weight is 238 g/mol. The van der Waals surface area contributed by atoms with Crippen molar-refractivity contribution in [2.24, 2.45) is 11.7 Å². The molecule has 0 bridgehead atoms. The van der Waals surface area contributed by atoms with Crippen molar-refractivity contribution in [3.8, 4) is 0 Å². The van der Waals surface area contributed by atoms with Crippen LogP contribution >= 0.6 is 11.6 Å². The van der Waals surface area contributed by atoms with Gasteiger partial charge in [0.15, 0.2) is 0 Å². The van der Waals surface area contributed by atoms with Crippen LogP contribution in [-0.2, 0) is 9.53 Å². The van der Waals surface area contributed by atoms with Crippen molar-refractivity contribution in [3.05, 3.63) is 0 Å². The number of halogens is 1. The van der Waals surface area contributed by atoms with Crippen LogP contribution in [0.15, 0.2) is 0 Å². The van der Waals surface area contributed by atoms with E-state index in [4.69, 9.17) is 22.4 Å². The van der Waals surface area contributed by atoms with Crippen LogP contribution in [0.3, 0.4) is 0 Å². The van der Waals surface area contributed by atoms with Gasteiger partial charge in [-0.1, -0.05) is 13.8 Å². The fourth-order valence-corrected chi connectivity index (χ4v) is 1.38. The van der Waals surface area contributed by atoms with Crippen LogP contribution in [0, 0.1) is 5.92 Å². The van der Waals surface area contributed by atoms with Crippen molar-refractivity contribution in [2.45, 2.75) is 38.8 Å². The lowest BCUT2D eigenvalue weighted by molar-refractivity contribution is -0.139. The Balaban J connectivity index is 4.32. The highest BCUT2D eigenvalue weighted by Gasteiger charge is 2.24. The molecule has 0 aromatic carbocycles. The molecule has 5 nitrogen and oxygen atoms in total. The third kappa shape index (κ3) is 7.16. The number of carbonyl (C=O) groups excluding carboxylic acids is 1. The first-order valence-electron chi connectivity index (χ1n) is 4.66. The van der Waals surface area contributed by atoms with Crippen LogP contribution in [0.2, 0.25) is 0 Å². The van der Waals surface area contributed by atoms with E-state index in [0.29, 0.717) is 12.3 Å². The van der Waals surface area contributed by atoms with Crippen molar-refractivity contribution in [3.63, 3.8) is 0 Å². The molecule has 0 aliphatic carbocycles. The Morgan fingerprint density at radius 1 is 1.47 bits per heavy atom. The number of ether oxygens (including phenoxy) is 1. The van der Waals surface area contributed by atoms with Crippen LogP contribution < -0.4 is 5.73 Å². The first kappa shape index (κ1) is 14.2. The molecule has 0 fully saturated rings. The molecule has 0 saturated heterocycles. The molecule has 15 heavy (non-hydrogen) atoms. The van der Waals surface area contributed by atoms with E-state index < -0.39 is 23.5 Å². The van der Waals surface area contributed by atoms with E-state index in [1.807, 2.05) is 13.8 Å². The Bertz CT molecular complexity index is 216. The van der Waals surface area contributed by atoms with Gasteiger partial charge < -0.3 is 15.6 Å². The minimum Gasteiger partial charge on any atom is -0.481 e. The number of aliphatic carboxylic acids is 1. The minimum absolute atomic E-state index is 0.297. The number of nitrogens with two attached hydrogens (primary N) is 1. The zero-order chi connectivity index (χ0) is 12.0. The minimum atomic E-state index is -1.07. The van der Waals surface area contributed by atoms with Gasteiger partial charge in [-0.05, 0) is 12.3 Å². The molecule has 0 rings (SSSR count). The van der Waals surface area contributed by atoms with Gasteiger partial charge in [-0.3, -0.25) is 4.79 Å². The molecule has 3 N–H and O–H groups in total. The smallest absolute Gasteiger partial charge is 0.404 e. The maximum Gasteiger partial charge on any atom is 0.404 e. The first-order valence-corrected chi connectivity index (χ1v) is 5.04. The van der Waals surface area contributed by atoms with Gasteiger partial charge in [-0.2, -0.15) is 0 Å². The van der Waals surface area contributed by atoms with Crippen LogP contribution in [-0.4, -0.2) is 28.7 Å². The molecule has 88 valence electrons. The van der Waals surface area contributed by atoms with Gasteiger partial charge in [0.05, 0.1) is 6.42 Å². The normalized spacial score (nSPS) is 14.7. The maximum atomic E-state index is 10.5. The number of rotatable bonds is 6. The fourth-order valence-electron chi connectivity index (χ4n) is 1.27. The Labute approximate surface area is 93.5 Å². The SMILES string of the molecule is CC(C)C[C@H](N)[C@H](CC(=O)O)OC(=O)Cl. The zero-order valence-electron chi connectivity index (χ0n) is 8.77. The Morgan fingerprint density at radius 3 is 2.33 bits per heavy atom. The summed E-state index contributed by atoms with van der Waals surface area (Å²) in [6.07, 6.45) is -0.621. The molecule has 0 aliphatic rings. The molecule has 0 spiro atoms. The molecule has 0 radical (unpaired) electrons. The molecule has 2 atom stereocenters. The van der Waals surface area contributed by atoms with Gasteiger partial charge in [0.1, 0.15) is 6.10 Å². The number of hydrogen-bond donors (Lipinski definition) is 2. The zero-order valence-corrected chi connectivity index (χ0v) is 9.53. The summed E-state index contributed by atoms with van der Waals surface area (Å²) in [5.74, 6) is -0.776. The lowest BCUT2D eigenvalue weighted by Gasteiger charge is -2.22. The second-order valence-corrected chi connectivity index (χ2v) is 4.09. The summed E-state index contributed by atoms with van der Waals surface area (Å²) < 4.78 is 4.64. The van der Waals surface area contributed by atoms with E-state index in [1.54, 1.807) is 0 Å². The molecule has 0 aliphatic heterocycles. The lowest BCUT2D eigenvalue weighted by Crippen LogP contribution is -2.39. The number of carboxylic acid groups (broad SMARTS) is 1. The predicted molar refractivity (Wildman–Crippen MR) is 55.8 cm³/mol. The van der Waals surface area contributed by atoms with Crippen LogP contribution in [0.1, 0.15) is 26.7 Å². The summed E-state index contributed by atoms with van der Waals surface area (Å²) in [6.45, 7) is 3.89. The van der Waals surface area contributed by atoms with Crippen molar-refractivity contribution >= 4 is 23.0 Å². The fraction of sp³-hybridized carbons (Fsp3) is 0.778. The third-order valence-corrected chi connectivity index (χ3v) is 1.93. The molecule has 0 saturated carbocycles. The van der Waals surface area contributed by atoms with E-state index >= 15 is 0 Å². The van der Waals surface area contributed by atoms with Crippen molar-refractivity contribution < 1.29 is 19.4 Å². The second-order valence-electron chi connectivity index (χ2n) is 3.79. The van der Waals surface area contributed by atoms with E-state index in [2.05, 4.69) is 4.74 Å². The molecular weight excluding hydrogens is 222 g/mol. The number of carboxylic acids is 1. The monoisotopic (exact) mass is 237 g/mol. The number of hydrogen-bond acceptors (Lipinski definition) is 4. The van der Waals surface area contributed by atoms with Gasteiger partial charge in [-0.15, -0.1) is 0 Å². The van der Waals surface area contributed by atoms with Crippen molar-refractivity contribution in [1.29, 1.82) is 0 Å². The van der Waals surface area contributed by atoms with Crippen LogP contribution in [0.4, 0.5) is 4.79 Å². The standard InChI is InChI=1S/C9H16ClNO4/c1-5(2)3-6(11)7(4-8(12)13)15-9(10)14/h5-7H,3-4,11H2,1-2H3,(H,12,13)/t6-,7-/m0/s1. The predicted octanol–water partition coefficient (Wildman–Crippen LogP) is 1.58. The topological polar surface area (TPSA) is 89.6 Å². The molecule has 6 heteroatoms. The Kier molecular flexibility index (Phi) is 6.27. The van der Waals surface area contributed by atoms with Crippen LogP contribution in [0.25, 0.3) is 0 Å². The van der Waals surface area contributed by atoms with Crippen molar-refractivity contribution in [1.82, 2.24) is 0 Å². The van der Waals surface area contributed by atoms with E-state index in [0.717, 1.165) is 0 Å². The van der Waals surface area contributed by atoms with Crippen LogP contribution in [0.5, 0.6) is 0 Å². The first-order chi connectivity index (χ1) is 6.82. The highest BCUT2D eigenvalue weighted by molar-refractivity contribution is 6.61. The largest absolute Gasteiger partial charge is 0.481 e. The maximum absolute atomic E-state index is 10.5. The Morgan fingerprint density at radius 2 is 2.00 bits per heavy atom. The molecule has 0 amide bonds. The van der Waals surface area contributed by atoms with Gasteiger partial charge in [0.2, 0.25) is 0 Å². The highest BCUT2D eigenvalue weighted by atomic mass is 35.5. The number of carbonyl (C=O) groups is 2. The molecule has 0 heterocycles. The molecule has 0 unspecified atom stereocenters. The summed E-state index contributed by atoms with van der Waals surface area (Å²) in [7, 11) is 0. The molecular formula is C9H16ClNO4. The molecule has 0 aromatic heterocycles. The van der Waals surface area contributed by atoms with Crippen molar-refractivity contribution in [2.75, 3.05) is 0 Å². The lowest BCUT2D eigenvalue weighted by atomic mass is 9.98. The summed E-state index contributed by atoms with van der Waals surface area (Å²) >= 11 is 5.03. The van der Waals surface area contributed by atoms with Gasteiger partial charge >= 0.3 is 11.4 Å².